The summed E-state index contributed by atoms with van der Waals surface area (Å²) in [6.07, 6.45) is 3.61. The molecule has 2 aromatic carbocycles. The van der Waals surface area contributed by atoms with E-state index in [2.05, 4.69) is 25.2 Å². The molecule has 0 spiro atoms. The first-order chi connectivity index (χ1) is 16.6. The van der Waals surface area contributed by atoms with Crippen molar-refractivity contribution in [2.24, 2.45) is 0 Å². The monoisotopic (exact) mass is 482 g/mol. The minimum Gasteiger partial charge on any atom is -0.338 e. The zero-order valence-electron chi connectivity index (χ0n) is 18.7. The predicted molar refractivity (Wildman–Crippen MR) is 124 cm³/mol. The van der Waals surface area contributed by atoms with Crippen molar-refractivity contribution in [1.29, 1.82) is 0 Å². The SMILES string of the molecule is Cc1ccc(-c2noc(CSc3nnc(CN4CCCCC4)n3-c3ccc(F)cc3)n2)cc1F. The minimum atomic E-state index is -0.313. The standard InChI is InChI=1S/C24H24F2N6OS/c1-16-5-6-17(13-20(16)26)23-27-22(33-30-23)15-34-24-29-28-21(14-31-11-3-2-4-12-31)32(24)19-9-7-18(25)8-10-19/h5-10,13H,2-4,11-12,14-15H2,1H3. The molecule has 1 saturated heterocycles. The molecule has 5 rings (SSSR count). The van der Waals surface area contributed by atoms with Crippen LogP contribution in [0.3, 0.4) is 0 Å². The van der Waals surface area contributed by atoms with Crippen molar-refractivity contribution in [3.05, 3.63) is 71.4 Å². The van der Waals surface area contributed by atoms with Gasteiger partial charge in [0.1, 0.15) is 11.6 Å². The van der Waals surface area contributed by atoms with Crippen molar-refractivity contribution in [2.75, 3.05) is 13.1 Å². The van der Waals surface area contributed by atoms with Gasteiger partial charge in [0.2, 0.25) is 11.7 Å². The topological polar surface area (TPSA) is 72.9 Å². The fraction of sp³-hybridized carbons (Fsp3) is 0.333. The summed E-state index contributed by atoms with van der Waals surface area (Å²) >= 11 is 1.40. The molecule has 0 saturated carbocycles. The van der Waals surface area contributed by atoms with Gasteiger partial charge in [-0.1, -0.05) is 35.5 Å². The third-order valence-electron chi connectivity index (χ3n) is 5.82. The van der Waals surface area contributed by atoms with E-state index in [0.29, 0.717) is 40.3 Å². The van der Waals surface area contributed by atoms with E-state index in [1.165, 1.54) is 49.2 Å². The van der Waals surface area contributed by atoms with Gasteiger partial charge >= 0.3 is 0 Å². The van der Waals surface area contributed by atoms with Crippen LogP contribution in [0.1, 0.15) is 36.5 Å². The number of aryl methyl sites for hydroxylation is 1. The smallest absolute Gasteiger partial charge is 0.237 e. The Kier molecular flexibility index (Phi) is 6.68. The highest BCUT2D eigenvalue weighted by atomic mass is 32.2. The lowest BCUT2D eigenvalue weighted by atomic mass is 10.1. The van der Waals surface area contributed by atoms with Crippen LogP contribution >= 0.6 is 11.8 Å². The van der Waals surface area contributed by atoms with Crippen LogP contribution in [0.2, 0.25) is 0 Å². The molecule has 0 atom stereocenters. The number of likely N-dealkylation sites (tertiary alicyclic amines) is 1. The lowest BCUT2D eigenvalue weighted by Crippen LogP contribution is -2.30. The van der Waals surface area contributed by atoms with E-state index < -0.39 is 0 Å². The van der Waals surface area contributed by atoms with Gasteiger partial charge in [-0.05, 0) is 68.8 Å². The summed E-state index contributed by atoms with van der Waals surface area (Å²) in [7, 11) is 0. The Labute approximate surface area is 200 Å². The number of aromatic nitrogens is 5. The van der Waals surface area contributed by atoms with Crippen molar-refractivity contribution >= 4 is 11.8 Å². The summed E-state index contributed by atoms with van der Waals surface area (Å²) in [5, 5.41) is 13.5. The van der Waals surface area contributed by atoms with Gasteiger partial charge in [-0.15, -0.1) is 10.2 Å². The molecular formula is C24H24F2N6OS. The van der Waals surface area contributed by atoms with Gasteiger partial charge in [-0.3, -0.25) is 9.47 Å². The Bertz CT molecular complexity index is 1270. The van der Waals surface area contributed by atoms with Crippen LogP contribution in [0.15, 0.2) is 52.1 Å². The van der Waals surface area contributed by atoms with Gasteiger partial charge in [0.25, 0.3) is 0 Å². The summed E-state index contributed by atoms with van der Waals surface area (Å²) in [5.74, 6) is 1.29. The zero-order chi connectivity index (χ0) is 23.5. The Morgan fingerprint density at radius 2 is 1.79 bits per heavy atom. The van der Waals surface area contributed by atoms with Crippen LogP contribution in [0.25, 0.3) is 17.1 Å². The maximum absolute atomic E-state index is 13.9. The van der Waals surface area contributed by atoms with Crippen molar-refractivity contribution in [1.82, 2.24) is 29.8 Å². The highest BCUT2D eigenvalue weighted by molar-refractivity contribution is 7.98. The molecule has 176 valence electrons. The number of halogens is 2. The van der Waals surface area contributed by atoms with Crippen LogP contribution in [0.4, 0.5) is 8.78 Å². The zero-order valence-corrected chi connectivity index (χ0v) is 19.6. The van der Waals surface area contributed by atoms with E-state index in [1.54, 1.807) is 31.2 Å². The molecule has 34 heavy (non-hydrogen) atoms. The first-order valence-electron chi connectivity index (χ1n) is 11.2. The summed E-state index contributed by atoms with van der Waals surface area (Å²) in [6.45, 7) is 4.44. The predicted octanol–water partition coefficient (Wildman–Crippen LogP) is 5.18. The minimum absolute atomic E-state index is 0.297. The molecule has 3 heterocycles. The summed E-state index contributed by atoms with van der Waals surface area (Å²) in [6, 6.07) is 11.1. The first-order valence-corrected chi connectivity index (χ1v) is 12.2. The second-order valence-electron chi connectivity index (χ2n) is 8.31. The van der Waals surface area contributed by atoms with Crippen LogP contribution in [0.5, 0.6) is 0 Å². The number of nitrogens with zero attached hydrogens (tertiary/aromatic N) is 6. The number of benzene rings is 2. The summed E-state index contributed by atoms with van der Waals surface area (Å²) < 4.78 is 34.8. The molecule has 2 aromatic heterocycles. The number of rotatable bonds is 7. The first kappa shape index (κ1) is 22.7. The maximum atomic E-state index is 13.9. The third kappa shape index (κ3) is 5.02. The fourth-order valence-corrected chi connectivity index (χ4v) is 4.76. The Balaban J connectivity index is 1.36. The van der Waals surface area contributed by atoms with Crippen molar-refractivity contribution < 1.29 is 13.3 Å². The average molecular weight is 483 g/mol. The average Bonchev–Trinajstić information content (AvgIpc) is 3.48. The highest BCUT2D eigenvalue weighted by Crippen LogP contribution is 2.27. The van der Waals surface area contributed by atoms with E-state index in [1.807, 2.05) is 4.57 Å². The maximum Gasteiger partial charge on any atom is 0.237 e. The Morgan fingerprint density at radius 3 is 2.56 bits per heavy atom. The summed E-state index contributed by atoms with van der Waals surface area (Å²) in [4.78, 5) is 6.77. The van der Waals surface area contributed by atoms with Crippen LogP contribution in [0, 0.1) is 18.6 Å². The van der Waals surface area contributed by atoms with E-state index in [9.17, 15) is 8.78 Å². The second-order valence-corrected chi connectivity index (χ2v) is 9.25. The molecule has 7 nitrogen and oxygen atoms in total. The largest absolute Gasteiger partial charge is 0.338 e. The molecule has 0 N–H and O–H groups in total. The number of piperidine rings is 1. The van der Waals surface area contributed by atoms with Crippen LogP contribution in [-0.2, 0) is 12.3 Å². The molecular weight excluding hydrogens is 458 g/mol. The molecule has 1 aliphatic rings. The Morgan fingerprint density at radius 1 is 1.00 bits per heavy atom. The lowest BCUT2D eigenvalue weighted by Gasteiger charge is -2.26. The van der Waals surface area contributed by atoms with Gasteiger partial charge in [0.15, 0.2) is 11.0 Å². The number of thioether (sulfide) groups is 1. The normalized spacial score (nSPS) is 14.6. The van der Waals surface area contributed by atoms with Gasteiger partial charge in [-0.25, -0.2) is 8.78 Å². The Hall–Kier alpha value is -3.11. The molecule has 0 radical (unpaired) electrons. The molecule has 0 aliphatic carbocycles. The molecule has 10 heteroatoms. The van der Waals surface area contributed by atoms with E-state index in [-0.39, 0.29) is 11.6 Å². The van der Waals surface area contributed by atoms with Gasteiger partial charge in [0.05, 0.1) is 12.3 Å². The molecule has 1 fully saturated rings. The van der Waals surface area contributed by atoms with Gasteiger partial charge in [-0.2, -0.15) is 4.98 Å². The van der Waals surface area contributed by atoms with E-state index >= 15 is 0 Å². The molecule has 1 aliphatic heterocycles. The quantitative estimate of drug-likeness (QED) is 0.336. The number of hydrogen-bond donors (Lipinski definition) is 0. The molecule has 4 aromatic rings. The fourth-order valence-electron chi connectivity index (χ4n) is 3.95. The highest BCUT2D eigenvalue weighted by Gasteiger charge is 2.20. The summed E-state index contributed by atoms with van der Waals surface area (Å²) in [5.41, 5.74) is 1.91. The number of hydrogen-bond acceptors (Lipinski definition) is 7. The van der Waals surface area contributed by atoms with Crippen molar-refractivity contribution in [3.8, 4) is 17.1 Å². The lowest BCUT2D eigenvalue weighted by molar-refractivity contribution is 0.214. The van der Waals surface area contributed by atoms with Crippen molar-refractivity contribution in [3.63, 3.8) is 0 Å². The van der Waals surface area contributed by atoms with Crippen LogP contribution < -0.4 is 0 Å². The second kappa shape index (κ2) is 10.0. The van der Waals surface area contributed by atoms with Gasteiger partial charge < -0.3 is 4.52 Å². The van der Waals surface area contributed by atoms with Gasteiger partial charge in [0, 0.05) is 11.3 Å². The van der Waals surface area contributed by atoms with Crippen molar-refractivity contribution in [2.45, 2.75) is 43.6 Å². The molecule has 0 bridgehead atoms. The third-order valence-corrected chi connectivity index (χ3v) is 6.74. The van der Waals surface area contributed by atoms with Crippen LogP contribution in [-0.4, -0.2) is 42.9 Å². The molecule has 0 unspecified atom stereocenters. The van der Waals surface area contributed by atoms with E-state index in [0.717, 1.165) is 24.6 Å². The van der Waals surface area contributed by atoms with E-state index in [4.69, 9.17) is 4.52 Å². The molecule has 0 amide bonds.